The van der Waals surface area contributed by atoms with E-state index in [0.29, 0.717) is 35.1 Å². The van der Waals surface area contributed by atoms with Gasteiger partial charge in [0.25, 0.3) is 5.91 Å². The molecule has 0 unspecified atom stereocenters. The fraction of sp³-hybridized carbons (Fsp3) is 0.333. The van der Waals surface area contributed by atoms with Crippen LogP contribution in [-0.4, -0.2) is 25.3 Å². The summed E-state index contributed by atoms with van der Waals surface area (Å²) in [5.74, 6) is 1.58. The molecule has 2 aromatic rings. The van der Waals surface area contributed by atoms with Crippen molar-refractivity contribution in [2.45, 2.75) is 20.4 Å². The minimum absolute atomic E-state index is 0.207. The molecule has 1 aromatic carbocycles. The third-order valence-corrected chi connectivity index (χ3v) is 3.16. The van der Waals surface area contributed by atoms with Gasteiger partial charge in [0, 0.05) is 6.54 Å². The van der Waals surface area contributed by atoms with E-state index in [2.05, 4.69) is 10.5 Å². The van der Waals surface area contributed by atoms with Gasteiger partial charge in [0.15, 0.2) is 11.5 Å². The number of nitrogens with one attached hydrogen (secondary N) is 1. The van der Waals surface area contributed by atoms with Gasteiger partial charge in [-0.25, -0.2) is 0 Å². The van der Waals surface area contributed by atoms with Crippen molar-refractivity contribution < 1.29 is 18.8 Å². The van der Waals surface area contributed by atoms with Gasteiger partial charge in [-0.3, -0.25) is 4.79 Å². The Labute approximate surface area is 123 Å². The van der Waals surface area contributed by atoms with Crippen molar-refractivity contribution in [3.8, 4) is 11.5 Å². The second-order valence-electron chi connectivity index (χ2n) is 4.57. The lowest BCUT2D eigenvalue weighted by Crippen LogP contribution is -2.23. The highest BCUT2D eigenvalue weighted by Gasteiger charge is 2.17. The fourth-order valence-corrected chi connectivity index (χ4v) is 2.07. The van der Waals surface area contributed by atoms with Gasteiger partial charge in [-0.2, -0.15) is 0 Å². The zero-order chi connectivity index (χ0) is 15.4. The molecule has 0 saturated heterocycles. The zero-order valence-electron chi connectivity index (χ0n) is 12.5. The largest absolute Gasteiger partial charge is 0.493 e. The van der Waals surface area contributed by atoms with Gasteiger partial charge in [-0.05, 0) is 31.5 Å². The second kappa shape index (κ2) is 6.30. The SMILES string of the molecule is COc1ccc(CNC(=O)c2c(C)noc2C)cc1OC. The molecule has 6 nitrogen and oxygen atoms in total. The van der Waals surface area contributed by atoms with Crippen LogP contribution < -0.4 is 14.8 Å². The number of methoxy groups -OCH3 is 2. The molecule has 0 aliphatic heterocycles. The number of carbonyl (C=O) groups excluding carboxylic acids is 1. The summed E-state index contributed by atoms with van der Waals surface area (Å²) in [7, 11) is 3.15. The molecule has 0 atom stereocenters. The second-order valence-corrected chi connectivity index (χ2v) is 4.57. The van der Waals surface area contributed by atoms with E-state index >= 15 is 0 Å². The van der Waals surface area contributed by atoms with E-state index in [1.165, 1.54) is 0 Å². The molecular formula is C15H18N2O4. The Hall–Kier alpha value is -2.50. The molecule has 0 bridgehead atoms. The van der Waals surface area contributed by atoms with Crippen LogP contribution in [0, 0.1) is 13.8 Å². The first-order valence-electron chi connectivity index (χ1n) is 6.48. The van der Waals surface area contributed by atoms with Crippen LogP contribution in [0.15, 0.2) is 22.7 Å². The molecule has 1 amide bonds. The molecule has 112 valence electrons. The molecule has 6 heteroatoms. The van der Waals surface area contributed by atoms with E-state index in [9.17, 15) is 4.79 Å². The number of ether oxygens (including phenoxy) is 2. The van der Waals surface area contributed by atoms with E-state index < -0.39 is 0 Å². The summed E-state index contributed by atoms with van der Waals surface area (Å²) in [6.07, 6.45) is 0. The van der Waals surface area contributed by atoms with Crippen molar-refractivity contribution >= 4 is 5.91 Å². The van der Waals surface area contributed by atoms with Gasteiger partial charge in [0.1, 0.15) is 11.3 Å². The Morgan fingerprint density at radius 2 is 1.95 bits per heavy atom. The molecule has 0 spiro atoms. The van der Waals surface area contributed by atoms with E-state index in [1.54, 1.807) is 34.1 Å². The summed E-state index contributed by atoms with van der Waals surface area (Å²) in [5.41, 5.74) is 1.97. The van der Waals surface area contributed by atoms with Gasteiger partial charge >= 0.3 is 0 Å². The maximum Gasteiger partial charge on any atom is 0.257 e. The monoisotopic (exact) mass is 290 g/mol. The number of hydrogen-bond donors (Lipinski definition) is 1. The number of hydrogen-bond acceptors (Lipinski definition) is 5. The van der Waals surface area contributed by atoms with Crippen LogP contribution in [0.5, 0.6) is 11.5 Å². The van der Waals surface area contributed by atoms with Crippen molar-refractivity contribution in [3.63, 3.8) is 0 Å². The van der Waals surface area contributed by atoms with Crippen LogP contribution in [-0.2, 0) is 6.54 Å². The summed E-state index contributed by atoms with van der Waals surface area (Å²) < 4.78 is 15.4. The van der Waals surface area contributed by atoms with E-state index in [4.69, 9.17) is 14.0 Å². The molecule has 1 aromatic heterocycles. The number of nitrogens with zero attached hydrogens (tertiary/aromatic N) is 1. The van der Waals surface area contributed by atoms with Crippen LogP contribution in [0.2, 0.25) is 0 Å². The summed E-state index contributed by atoms with van der Waals surface area (Å²) in [4.78, 5) is 12.1. The van der Waals surface area contributed by atoms with E-state index in [-0.39, 0.29) is 5.91 Å². The zero-order valence-corrected chi connectivity index (χ0v) is 12.5. The summed E-state index contributed by atoms with van der Waals surface area (Å²) in [5, 5.41) is 6.61. The molecule has 0 aliphatic carbocycles. The quantitative estimate of drug-likeness (QED) is 0.914. The molecule has 21 heavy (non-hydrogen) atoms. The lowest BCUT2D eigenvalue weighted by atomic mass is 10.1. The normalized spacial score (nSPS) is 10.3. The summed E-state index contributed by atoms with van der Waals surface area (Å²) >= 11 is 0. The Bertz CT molecular complexity index is 630. The maximum absolute atomic E-state index is 12.1. The van der Waals surface area contributed by atoms with Gasteiger partial charge in [0.2, 0.25) is 0 Å². The van der Waals surface area contributed by atoms with Gasteiger partial charge < -0.3 is 19.3 Å². The van der Waals surface area contributed by atoms with Gasteiger partial charge in [-0.1, -0.05) is 11.2 Å². The molecule has 0 radical (unpaired) electrons. The van der Waals surface area contributed by atoms with Crippen molar-refractivity contribution in [2.24, 2.45) is 0 Å². The highest BCUT2D eigenvalue weighted by Crippen LogP contribution is 2.27. The Morgan fingerprint density at radius 1 is 1.24 bits per heavy atom. The minimum atomic E-state index is -0.207. The Morgan fingerprint density at radius 3 is 2.52 bits per heavy atom. The number of rotatable bonds is 5. The maximum atomic E-state index is 12.1. The minimum Gasteiger partial charge on any atom is -0.493 e. The molecule has 0 fully saturated rings. The number of amides is 1. The molecule has 2 rings (SSSR count). The smallest absolute Gasteiger partial charge is 0.257 e. The number of benzene rings is 1. The third-order valence-electron chi connectivity index (χ3n) is 3.16. The van der Waals surface area contributed by atoms with Crippen LogP contribution in [0.3, 0.4) is 0 Å². The predicted octanol–water partition coefficient (Wildman–Crippen LogP) is 2.24. The lowest BCUT2D eigenvalue weighted by molar-refractivity contribution is 0.0949. The summed E-state index contributed by atoms with van der Waals surface area (Å²) in [6, 6.07) is 5.50. The van der Waals surface area contributed by atoms with Crippen LogP contribution in [0.25, 0.3) is 0 Å². The van der Waals surface area contributed by atoms with E-state index in [0.717, 1.165) is 5.56 Å². The average molecular weight is 290 g/mol. The lowest BCUT2D eigenvalue weighted by Gasteiger charge is -2.10. The third kappa shape index (κ3) is 3.16. The molecule has 1 heterocycles. The van der Waals surface area contributed by atoms with Gasteiger partial charge in [-0.15, -0.1) is 0 Å². The average Bonchev–Trinajstić information content (AvgIpc) is 2.83. The molecular weight excluding hydrogens is 272 g/mol. The first kappa shape index (κ1) is 14.9. The van der Waals surface area contributed by atoms with Crippen LogP contribution in [0.4, 0.5) is 0 Å². The van der Waals surface area contributed by atoms with Crippen molar-refractivity contribution in [2.75, 3.05) is 14.2 Å². The standard InChI is InChI=1S/C15H18N2O4/c1-9-14(10(2)21-17-9)15(18)16-8-11-5-6-12(19-3)13(7-11)20-4/h5-7H,8H2,1-4H3,(H,16,18). The summed E-state index contributed by atoms with van der Waals surface area (Å²) in [6.45, 7) is 3.83. The Balaban J connectivity index is 2.08. The molecule has 1 N–H and O–H groups in total. The number of aromatic nitrogens is 1. The van der Waals surface area contributed by atoms with E-state index in [1.807, 2.05) is 12.1 Å². The predicted molar refractivity (Wildman–Crippen MR) is 76.7 cm³/mol. The first-order valence-corrected chi connectivity index (χ1v) is 6.48. The topological polar surface area (TPSA) is 73.6 Å². The van der Waals surface area contributed by atoms with Gasteiger partial charge in [0.05, 0.1) is 19.9 Å². The van der Waals surface area contributed by atoms with Crippen LogP contribution in [0.1, 0.15) is 27.4 Å². The Kier molecular flexibility index (Phi) is 4.47. The highest BCUT2D eigenvalue weighted by atomic mass is 16.5. The van der Waals surface area contributed by atoms with Crippen molar-refractivity contribution in [1.29, 1.82) is 0 Å². The first-order chi connectivity index (χ1) is 10.1. The van der Waals surface area contributed by atoms with Crippen LogP contribution >= 0.6 is 0 Å². The molecule has 0 aliphatic rings. The number of aryl methyl sites for hydroxylation is 2. The fourth-order valence-electron chi connectivity index (χ4n) is 2.07. The highest BCUT2D eigenvalue weighted by molar-refractivity contribution is 5.96. The van der Waals surface area contributed by atoms with Crippen molar-refractivity contribution in [1.82, 2.24) is 10.5 Å². The number of carbonyl (C=O) groups is 1. The molecule has 0 saturated carbocycles. The van der Waals surface area contributed by atoms with Crippen molar-refractivity contribution in [3.05, 3.63) is 40.8 Å².